The molecule has 0 radical (unpaired) electrons. The molecule has 0 aromatic carbocycles. The smallest absolute Gasteiger partial charge is 0.176 e. The quantitative estimate of drug-likeness (QED) is 0.542. The molecule has 1 aliphatic rings. The van der Waals surface area contributed by atoms with Crippen molar-refractivity contribution in [1.82, 2.24) is 0 Å². The van der Waals surface area contributed by atoms with Crippen LogP contribution in [0, 0.1) is 11.8 Å². The first-order valence-corrected chi connectivity index (χ1v) is 10.2. The second-order valence-corrected chi connectivity index (χ2v) is 11.8. The second-order valence-electron chi connectivity index (χ2n) is 6.35. The van der Waals surface area contributed by atoms with E-state index in [1.807, 2.05) is 6.92 Å². The van der Waals surface area contributed by atoms with Crippen LogP contribution in [0.1, 0.15) is 20.3 Å². The first-order chi connectivity index (χ1) is 7.76. The molecule has 2 atom stereocenters. The minimum atomic E-state index is -1.16. The third-order valence-electron chi connectivity index (χ3n) is 3.22. The van der Waals surface area contributed by atoms with E-state index in [0.29, 0.717) is 12.3 Å². The standard InChI is InChI=1S/C14H25NOSi/c1-7-12(16)14-13(10(2)8-15-14)11(3)9-17(4,5)6/h10,13H,3,7-9H2,1-2,4-6H3/t10-,13-/m0/s1. The SMILES string of the molecule is C=C(C[Si](C)(C)C)[C@H]1C(C(=O)CC)=NC[C@@H]1C. The van der Waals surface area contributed by atoms with Gasteiger partial charge in [-0.2, -0.15) is 0 Å². The van der Waals surface area contributed by atoms with Crippen molar-refractivity contribution in [1.29, 1.82) is 0 Å². The van der Waals surface area contributed by atoms with E-state index in [1.54, 1.807) is 0 Å². The average molecular weight is 251 g/mol. The third kappa shape index (κ3) is 3.63. The zero-order valence-corrected chi connectivity index (χ0v) is 12.8. The van der Waals surface area contributed by atoms with Crippen LogP contribution < -0.4 is 0 Å². The summed E-state index contributed by atoms with van der Waals surface area (Å²) in [7, 11) is -1.16. The highest BCUT2D eigenvalue weighted by Crippen LogP contribution is 2.32. The molecule has 0 unspecified atom stereocenters. The van der Waals surface area contributed by atoms with Crippen LogP contribution >= 0.6 is 0 Å². The van der Waals surface area contributed by atoms with Crippen molar-refractivity contribution < 1.29 is 4.79 Å². The molecule has 0 spiro atoms. The number of allylic oxidation sites excluding steroid dienone is 1. The van der Waals surface area contributed by atoms with Crippen LogP contribution in [0.4, 0.5) is 0 Å². The van der Waals surface area contributed by atoms with Gasteiger partial charge in [-0.3, -0.25) is 9.79 Å². The molecule has 0 amide bonds. The number of hydrogen-bond donors (Lipinski definition) is 0. The number of ketones is 1. The van der Waals surface area contributed by atoms with Crippen molar-refractivity contribution in [2.24, 2.45) is 16.8 Å². The Balaban J connectivity index is 2.83. The Labute approximate surface area is 106 Å². The lowest BCUT2D eigenvalue weighted by atomic mass is 9.85. The number of aliphatic imine (C=N–C) groups is 1. The maximum atomic E-state index is 11.9. The number of Topliss-reactive ketones (excluding diaryl/α,β-unsaturated/α-hetero) is 1. The van der Waals surface area contributed by atoms with E-state index in [4.69, 9.17) is 0 Å². The van der Waals surface area contributed by atoms with E-state index in [2.05, 4.69) is 38.1 Å². The van der Waals surface area contributed by atoms with Crippen LogP contribution in [0.25, 0.3) is 0 Å². The minimum Gasteiger partial charge on any atom is -0.293 e. The summed E-state index contributed by atoms with van der Waals surface area (Å²) in [6.45, 7) is 16.1. The highest BCUT2D eigenvalue weighted by molar-refractivity contribution is 6.76. The predicted molar refractivity (Wildman–Crippen MR) is 77.5 cm³/mol. The van der Waals surface area contributed by atoms with Crippen LogP contribution in [-0.2, 0) is 4.79 Å². The van der Waals surface area contributed by atoms with E-state index in [-0.39, 0.29) is 11.7 Å². The molecule has 0 aromatic rings. The molecule has 1 aliphatic heterocycles. The van der Waals surface area contributed by atoms with Gasteiger partial charge in [0.15, 0.2) is 5.78 Å². The maximum Gasteiger partial charge on any atom is 0.176 e. The first kappa shape index (κ1) is 14.4. The van der Waals surface area contributed by atoms with Gasteiger partial charge in [-0.05, 0) is 12.0 Å². The minimum absolute atomic E-state index is 0.205. The topological polar surface area (TPSA) is 29.4 Å². The van der Waals surface area contributed by atoms with E-state index >= 15 is 0 Å². The Morgan fingerprint density at radius 3 is 2.53 bits per heavy atom. The Kier molecular flexibility index (Phi) is 4.47. The zero-order valence-electron chi connectivity index (χ0n) is 11.8. The van der Waals surface area contributed by atoms with Gasteiger partial charge in [0.2, 0.25) is 0 Å². The summed E-state index contributed by atoms with van der Waals surface area (Å²) in [5, 5.41) is 0. The molecule has 3 heteroatoms. The third-order valence-corrected chi connectivity index (χ3v) is 4.73. The monoisotopic (exact) mass is 251 g/mol. The Morgan fingerprint density at radius 1 is 1.47 bits per heavy atom. The van der Waals surface area contributed by atoms with Crippen molar-refractivity contribution in [3.05, 3.63) is 12.2 Å². The van der Waals surface area contributed by atoms with Crippen molar-refractivity contribution in [3.63, 3.8) is 0 Å². The number of carbonyl (C=O) groups is 1. The van der Waals surface area contributed by atoms with Gasteiger partial charge in [0, 0.05) is 27.0 Å². The van der Waals surface area contributed by atoms with Crippen molar-refractivity contribution in [2.45, 2.75) is 46.0 Å². The van der Waals surface area contributed by atoms with Gasteiger partial charge in [0.1, 0.15) is 0 Å². The van der Waals surface area contributed by atoms with Crippen LogP contribution in [0.3, 0.4) is 0 Å². The summed E-state index contributed by atoms with van der Waals surface area (Å²) in [6, 6.07) is 1.10. The summed E-state index contributed by atoms with van der Waals surface area (Å²) in [4.78, 5) is 16.3. The molecule has 0 saturated carbocycles. The van der Waals surface area contributed by atoms with Gasteiger partial charge in [-0.15, -0.1) is 0 Å². The van der Waals surface area contributed by atoms with E-state index in [0.717, 1.165) is 18.3 Å². The molecule has 0 bridgehead atoms. The largest absolute Gasteiger partial charge is 0.293 e. The highest BCUT2D eigenvalue weighted by atomic mass is 28.3. The molecule has 17 heavy (non-hydrogen) atoms. The summed E-state index contributed by atoms with van der Waals surface area (Å²) in [6.07, 6.45) is 0.558. The van der Waals surface area contributed by atoms with Gasteiger partial charge >= 0.3 is 0 Å². The number of hydrogen-bond acceptors (Lipinski definition) is 2. The fraction of sp³-hybridized carbons (Fsp3) is 0.714. The highest BCUT2D eigenvalue weighted by Gasteiger charge is 2.34. The van der Waals surface area contributed by atoms with Crippen molar-refractivity contribution in [3.8, 4) is 0 Å². The lowest BCUT2D eigenvalue weighted by Crippen LogP contribution is -2.29. The van der Waals surface area contributed by atoms with Gasteiger partial charge in [0.25, 0.3) is 0 Å². The fourth-order valence-electron chi connectivity index (χ4n) is 2.55. The predicted octanol–water partition coefficient (Wildman–Crippen LogP) is 3.57. The van der Waals surface area contributed by atoms with Crippen LogP contribution in [0.5, 0.6) is 0 Å². The Morgan fingerprint density at radius 2 is 2.06 bits per heavy atom. The number of rotatable bonds is 5. The molecule has 96 valence electrons. The first-order valence-electron chi connectivity index (χ1n) is 6.51. The van der Waals surface area contributed by atoms with Gasteiger partial charge in [-0.25, -0.2) is 0 Å². The normalized spacial score (nSPS) is 24.6. The molecule has 2 nitrogen and oxygen atoms in total. The molecule has 0 N–H and O–H groups in total. The molecule has 1 heterocycles. The van der Waals surface area contributed by atoms with E-state index < -0.39 is 8.07 Å². The number of carbonyl (C=O) groups excluding carboxylic acids is 1. The van der Waals surface area contributed by atoms with Crippen LogP contribution in [-0.4, -0.2) is 26.1 Å². The zero-order chi connectivity index (χ0) is 13.2. The molecule has 0 aliphatic carbocycles. The van der Waals surface area contributed by atoms with Crippen LogP contribution in [0.15, 0.2) is 17.1 Å². The summed E-state index contributed by atoms with van der Waals surface area (Å²) in [5.74, 6) is 0.870. The number of nitrogens with zero attached hydrogens (tertiary/aromatic N) is 1. The van der Waals surface area contributed by atoms with Crippen molar-refractivity contribution in [2.75, 3.05) is 6.54 Å². The summed E-state index contributed by atoms with van der Waals surface area (Å²) >= 11 is 0. The molecule has 0 aromatic heterocycles. The fourth-order valence-corrected chi connectivity index (χ4v) is 4.13. The summed E-state index contributed by atoms with van der Waals surface area (Å²) in [5.41, 5.74) is 2.03. The van der Waals surface area contributed by atoms with E-state index in [9.17, 15) is 4.79 Å². The molecule has 0 fully saturated rings. The van der Waals surface area contributed by atoms with Crippen LogP contribution in [0.2, 0.25) is 25.7 Å². The lowest BCUT2D eigenvalue weighted by molar-refractivity contribution is -0.112. The van der Waals surface area contributed by atoms with Gasteiger partial charge < -0.3 is 0 Å². The maximum absolute atomic E-state index is 11.9. The molecule has 0 saturated heterocycles. The van der Waals surface area contributed by atoms with Gasteiger partial charge in [0.05, 0.1) is 5.71 Å². The van der Waals surface area contributed by atoms with Gasteiger partial charge in [-0.1, -0.05) is 45.6 Å². The van der Waals surface area contributed by atoms with Crippen molar-refractivity contribution >= 4 is 19.6 Å². The average Bonchev–Trinajstić information content (AvgIpc) is 2.56. The summed E-state index contributed by atoms with van der Waals surface area (Å²) < 4.78 is 0. The second kappa shape index (κ2) is 5.30. The van der Waals surface area contributed by atoms with E-state index in [1.165, 1.54) is 5.57 Å². The lowest BCUT2D eigenvalue weighted by Gasteiger charge is -2.25. The molecule has 1 rings (SSSR count). The Hall–Kier alpha value is -0.703. The molecular weight excluding hydrogens is 226 g/mol. The molecular formula is C14H25NOSi. The Bertz CT molecular complexity index is 352.